The van der Waals surface area contributed by atoms with Crippen LogP contribution in [0.25, 0.3) is 0 Å². The Morgan fingerprint density at radius 2 is 1.89 bits per heavy atom. The molecule has 0 spiro atoms. The Labute approximate surface area is 116 Å². The van der Waals surface area contributed by atoms with Gasteiger partial charge in [0.15, 0.2) is 5.78 Å². The molecule has 0 aromatic heterocycles. The highest BCUT2D eigenvalue weighted by Crippen LogP contribution is 2.29. The van der Waals surface area contributed by atoms with Crippen molar-refractivity contribution in [2.24, 2.45) is 11.8 Å². The van der Waals surface area contributed by atoms with Crippen LogP contribution in [-0.2, 0) is 14.3 Å². The Hall–Kier alpha value is -0.900. The van der Waals surface area contributed by atoms with E-state index in [9.17, 15) is 9.59 Å². The lowest BCUT2D eigenvalue weighted by Crippen LogP contribution is -2.47. The molecule has 0 bridgehead atoms. The normalized spacial score (nSPS) is 24.9. The fourth-order valence-corrected chi connectivity index (χ4v) is 2.04. The van der Waals surface area contributed by atoms with Gasteiger partial charge in [0.1, 0.15) is 5.60 Å². The number of hydrogen-bond acceptors (Lipinski definition) is 3. The van der Waals surface area contributed by atoms with E-state index in [0.29, 0.717) is 31.3 Å². The Kier molecular flexibility index (Phi) is 5.53. The molecule has 1 N–H and O–H groups in total. The molecule has 1 amide bonds. The summed E-state index contributed by atoms with van der Waals surface area (Å²) in [6.07, 6.45) is 2.12. The maximum absolute atomic E-state index is 12.3. The van der Waals surface area contributed by atoms with Gasteiger partial charge in [0.2, 0.25) is 5.91 Å². The second kappa shape index (κ2) is 6.51. The second-order valence-electron chi connectivity index (χ2n) is 6.35. The van der Waals surface area contributed by atoms with E-state index in [1.54, 1.807) is 6.92 Å². The van der Waals surface area contributed by atoms with Crippen molar-refractivity contribution < 1.29 is 14.3 Å². The number of amides is 1. The lowest BCUT2D eigenvalue weighted by atomic mass is 9.93. The van der Waals surface area contributed by atoms with Crippen molar-refractivity contribution in [2.75, 3.05) is 6.61 Å². The van der Waals surface area contributed by atoms with Crippen LogP contribution in [0.2, 0.25) is 0 Å². The molecule has 1 fully saturated rings. The maximum Gasteiger partial charge on any atom is 0.220 e. The van der Waals surface area contributed by atoms with Crippen molar-refractivity contribution in [2.45, 2.75) is 65.5 Å². The van der Waals surface area contributed by atoms with Gasteiger partial charge in [0.25, 0.3) is 0 Å². The van der Waals surface area contributed by atoms with Crippen molar-refractivity contribution in [1.82, 2.24) is 5.32 Å². The Morgan fingerprint density at radius 1 is 1.32 bits per heavy atom. The molecule has 1 aliphatic heterocycles. The monoisotopic (exact) mass is 269 g/mol. The summed E-state index contributed by atoms with van der Waals surface area (Å²) in [5, 5.41) is 2.89. The average Bonchev–Trinajstić information content (AvgIpc) is 3.05. The van der Waals surface area contributed by atoms with Crippen LogP contribution in [-0.4, -0.2) is 29.9 Å². The number of epoxide rings is 1. The van der Waals surface area contributed by atoms with Gasteiger partial charge in [-0.2, -0.15) is 0 Å². The molecule has 4 nitrogen and oxygen atoms in total. The van der Waals surface area contributed by atoms with Gasteiger partial charge in [0.05, 0.1) is 12.6 Å². The third kappa shape index (κ3) is 4.94. The van der Waals surface area contributed by atoms with Crippen LogP contribution in [0.4, 0.5) is 0 Å². The zero-order valence-electron chi connectivity index (χ0n) is 12.8. The summed E-state index contributed by atoms with van der Waals surface area (Å²) in [6.45, 7) is 10.5. The highest BCUT2D eigenvalue weighted by Gasteiger charge is 2.50. The van der Waals surface area contributed by atoms with Gasteiger partial charge in [-0.05, 0) is 25.2 Å². The van der Waals surface area contributed by atoms with Crippen molar-refractivity contribution >= 4 is 11.7 Å². The molecule has 0 saturated carbocycles. The van der Waals surface area contributed by atoms with E-state index < -0.39 is 11.6 Å². The Morgan fingerprint density at radius 3 is 2.32 bits per heavy atom. The van der Waals surface area contributed by atoms with Crippen molar-refractivity contribution in [1.29, 1.82) is 0 Å². The van der Waals surface area contributed by atoms with Crippen molar-refractivity contribution in [3.63, 3.8) is 0 Å². The van der Waals surface area contributed by atoms with Crippen LogP contribution >= 0.6 is 0 Å². The molecule has 3 atom stereocenters. The van der Waals surface area contributed by atoms with E-state index in [-0.39, 0.29) is 11.7 Å². The number of Topliss-reactive ketones (excluding diaryl/α,β-unsaturated/α-hetero) is 1. The predicted molar refractivity (Wildman–Crippen MR) is 74.8 cm³/mol. The third-order valence-electron chi connectivity index (χ3n) is 3.69. The van der Waals surface area contributed by atoms with Gasteiger partial charge >= 0.3 is 0 Å². The molecule has 1 saturated heterocycles. The summed E-state index contributed by atoms with van der Waals surface area (Å²) in [5.41, 5.74) is -0.663. The topological polar surface area (TPSA) is 58.7 Å². The molecule has 0 aromatic carbocycles. The molecule has 0 aromatic rings. The SMILES string of the molecule is CC[C@H](C)CC(=O)N[C@@H](CC(C)C)C(=O)[C@@]1(C)CO1. The zero-order valence-corrected chi connectivity index (χ0v) is 12.8. The van der Waals surface area contributed by atoms with Crippen LogP contribution in [0.3, 0.4) is 0 Å². The van der Waals surface area contributed by atoms with Crippen LogP contribution < -0.4 is 5.32 Å². The summed E-state index contributed by atoms with van der Waals surface area (Å²) in [4.78, 5) is 24.3. The highest BCUT2D eigenvalue weighted by molar-refractivity contribution is 5.96. The van der Waals surface area contributed by atoms with E-state index in [0.717, 1.165) is 6.42 Å². The molecular weight excluding hydrogens is 242 g/mol. The number of carbonyl (C=O) groups is 2. The number of ether oxygens (including phenoxy) is 1. The molecule has 0 radical (unpaired) electrons. The van der Waals surface area contributed by atoms with Gasteiger partial charge < -0.3 is 10.1 Å². The minimum Gasteiger partial charge on any atom is -0.361 e. The molecule has 110 valence electrons. The Balaban J connectivity index is 2.59. The molecule has 4 heteroatoms. The number of hydrogen-bond donors (Lipinski definition) is 1. The first-order valence-electron chi connectivity index (χ1n) is 7.26. The summed E-state index contributed by atoms with van der Waals surface area (Å²) >= 11 is 0. The fraction of sp³-hybridized carbons (Fsp3) is 0.867. The molecular formula is C15H27NO3. The number of rotatable bonds is 8. The summed E-state index contributed by atoms with van der Waals surface area (Å²) in [6, 6.07) is -0.413. The standard InChI is InChI=1S/C15H27NO3/c1-6-11(4)8-13(17)16-12(7-10(2)3)14(18)15(5)9-19-15/h10-12H,6-9H2,1-5H3,(H,16,17)/t11-,12-,15+/m0/s1. The first-order chi connectivity index (χ1) is 8.78. The van der Waals surface area contributed by atoms with Crippen LogP contribution in [0, 0.1) is 11.8 Å². The largest absolute Gasteiger partial charge is 0.361 e. The molecule has 1 heterocycles. The van der Waals surface area contributed by atoms with Gasteiger partial charge in [0, 0.05) is 6.42 Å². The number of carbonyl (C=O) groups excluding carboxylic acids is 2. The first kappa shape index (κ1) is 16.2. The lowest BCUT2D eigenvalue weighted by molar-refractivity contribution is -0.131. The molecule has 1 aliphatic rings. The Bertz CT molecular complexity index is 334. The number of nitrogens with one attached hydrogen (secondary N) is 1. The van der Waals surface area contributed by atoms with Gasteiger partial charge in [-0.1, -0.05) is 34.1 Å². The van der Waals surface area contributed by atoms with Crippen molar-refractivity contribution in [3.05, 3.63) is 0 Å². The highest BCUT2D eigenvalue weighted by atomic mass is 16.6. The van der Waals surface area contributed by atoms with E-state index in [1.165, 1.54) is 0 Å². The molecule has 1 rings (SSSR count). The fourth-order valence-electron chi connectivity index (χ4n) is 2.04. The summed E-state index contributed by atoms with van der Waals surface area (Å²) < 4.78 is 5.20. The molecule has 19 heavy (non-hydrogen) atoms. The molecule has 0 unspecified atom stereocenters. The number of ketones is 1. The third-order valence-corrected chi connectivity index (χ3v) is 3.69. The lowest BCUT2D eigenvalue weighted by Gasteiger charge is -2.22. The summed E-state index contributed by atoms with van der Waals surface area (Å²) in [7, 11) is 0. The minimum atomic E-state index is -0.663. The smallest absolute Gasteiger partial charge is 0.220 e. The maximum atomic E-state index is 12.3. The van der Waals surface area contributed by atoms with E-state index in [2.05, 4.69) is 26.1 Å². The second-order valence-corrected chi connectivity index (χ2v) is 6.35. The quantitative estimate of drug-likeness (QED) is 0.688. The van der Waals surface area contributed by atoms with E-state index in [4.69, 9.17) is 4.74 Å². The van der Waals surface area contributed by atoms with E-state index in [1.807, 2.05) is 6.92 Å². The van der Waals surface area contributed by atoms with Gasteiger partial charge in [-0.25, -0.2) is 0 Å². The predicted octanol–water partition coefficient (Wildman–Crippen LogP) is 2.31. The minimum absolute atomic E-state index is 0.0127. The van der Waals surface area contributed by atoms with Crippen LogP contribution in [0.5, 0.6) is 0 Å². The van der Waals surface area contributed by atoms with Crippen LogP contribution in [0.1, 0.15) is 53.9 Å². The summed E-state index contributed by atoms with van der Waals surface area (Å²) in [5.74, 6) is 0.694. The zero-order chi connectivity index (χ0) is 14.6. The average molecular weight is 269 g/mol. The van der Waals surface area contributed by atoms with Gasteiger partial charge in [-0.15, -0.1) is 0 Å². The van der Waals surface area contributed by atoms with Gasteiger partial charge in [-0.3, -0.25) is 9.59 Å². The molecule has 0 aliphatic carbocycles. The van der Waals surface area contributed by atoms with Crippen LogP contribution in [0.15, 0.2) is 0 Å². The van der Waals surface area contributed by atoms with E-state index >= 15 is 0 Å². The first-order valence-corrected chi connectivity index (χ1v) is 7.26. The van der Waals surface area contributed by atoms with Crippen molar-refractivity contribution in [3.8, 4) is 0 Å².